The molecule has 0 atom stereocenters. The van der Waals surface area contributed by atoms with Crippen LogP contribution in [0, 0.1) is 0 Å². The smallest absolute Gasteiger partial charge is 0.256 e. The average Bonchev–Trinajstić information content (AvgIpc) is 2.94. The van der Waals surface area contributed by atoms with Gasteiger partial charge in [0.15, 0.2) is 0 Å². The Kier molecular flexibility index (Phi) is 4.38. The van der Waals surface area contributed by atoms with Gasteiger partial charge in [-0.25, -0.2) is 9.97 Å². The first-order valence-corrected chi connectivity index (χ1v) is 7.60. The number of carbonyl (C=O) groups excluding carboxylic acids is 1. The molecular weight excluding hydrogens is 294 g/mol. The normalized spacial score (nSPS) is 11.2. The number of hydrogen-bond acceptors (Lipinski definition) is 5. The fourth-order valence-corrected chi connectivity index (χ4v) is 2.44. The summed E-state index contributed by atoms with van der Waals surface area (Å²) in [5.41, 5.74) is 8.15. The largest absolute Gasteiger partial charge is 0.384 e. The first kappa shape index (κ1) is 15.2. The number of nitrogens with two attached hydrogens (primary N) is 1. The summed E-state index contributed by atoms with van der Waals surface area (Å²) < 4.78 is 6.94. The Labute approximate surface area is 133 Å². The van der Waals surface area contributed by atoms with E-state index in [2.05, 4.69) is 15.3 Å². The second-order valence-corrected chi connectivity index (χ2v) is 5.10. The molecular formula is C16H19N5O2. The van der Waals surface area contributed by atoms with Gasteiger partial charge in [0, 0.05) is 26.0 Å². The number of benzene rings is 1. The number of para-hydroxylation sites is 2. The van der Waals surface area contributed by atoms with Crippen LogP contribution < -0.4 is 11.1 Å². The summed E-state index contributed by atoms with van der Waals surface area (Å²) >= 11 is 0. The minimum atomic E-state index is -0.244. The minimum Gasteiger partial charge on any atom is -0.384 e. The van der Waals surface area contributed by atoms with Crippen molar-refractivity contribution < 1.29 is 9.53 Å². The number of carbonyl (C=O) groups is 1. The number of fused-ring (bicyclic) bond motifs is 3. The van der Waals surface area contributed by atoms with Crippen LogP contribution in [0.25, 0.3) is 16.8 Å². The SMILES string of the molecule is CCOCCCNC(=O)c1cnc2nc3ccccc3n2c1N. The van der Waals surface area contributed by atoms with Crippen molar-refractivity contribution in [1.29, 1.82) is 0 Å². The highest BCUT2D eigenvalue weighted by Crippen LogP contribution is 2.20. The van der Waals surface area contributed by atoms with Crippen LogP contribution in [0.2, 0.25) is 0 Å². The third-order valence-electron chi connectivity index (χ3n) is 3.57. The van der Waals surface area contributed by atoms with Crippen LogP contribution in [0.3, 0.4) is 0 Å². The molecule has 0 unspecified atom stereocenters. The summed E-state index contributed by atoms with van der Waals surface area (Å²) in [7, 11) is 0. The lowest BCUT2D eigenvalue weighted by molar-refractivity contribution is 0.0944. The molecule has 7 heteroatoms. The quantitative estimate of drug-likeness (QED) is 0.674. The Hall–Kier alpha value is -2.67. The van der Waals surface area contributed by atoms with Gasteiger partial charge in [0.1, 0.15) is 5.82 Å². The lowest BCUT2D eigenvalue weighted by Crippen LogP contribution is -2.27. The molecule has 0 spiro atoms. The molecule has 0 saturated heterocycles. The zero-order valence-corrected chi connectivity index (χ0v) is 13.0. The van der Waals surface area contributed by atoms with E-state index in [1.165, 1.54) is 6.20 Å². The van der Waals surface area contributed by atoms with E-state index in [0.29, 0.717) is 36.9 Å². The van der Waals surface area contributed by atoms with E-state index in [9.17, 15) is 4.79 Å². The molecule has 0 aliphatic carbocycles. The van der Waals surface area contributed by atoms with Gasteiger partial charge in [-0.1, -0.05) is 12.1 Å². The molecule has 1 aromatic carbocycles. The van der Waals surface area contributed by atoms with Crippen LogP contribution in [-0.2, 0) is 4.74 Å². The van der Waals surface area contributed by atoms with Crippen LogP contribution in [0.1, 0.15) is 23.7 Å². The molecule has 2 aromatic heterocycles. The van der Waals surface area contributed by atoms with E-state index in [-0.39, 0.29) is 5.91 Å². The number of anilines is 1. The molecule has 3 rings (SSSR count). The van der Waals surface area contributed by atoms with E-state index in [1.807, 2.05) is 31.2 Å². The molecule has 23 heavy (non-hydrogen) atoms. The van der Waals surface area contributed by atoms with Crippen LogP contribution in [-0.4, -0.2) is 40.0 Å². The van der Waals surface area contributed by atoms with Gasteiger partial charge in [0.05, 0.1) is 16.6 Å². The molecule has 120 valence electrons. The van der Waals surface area contributed by atoms with Crippen molar-refractivity contribution >= 4 is 28.5 Å². The van der Waals surface area contributed by atoms with Crippen LogP contribution in [0.15, 0.2) is 30.5 Å². The zero-order valence-electron chi connectivity index (χ0n) is 13.0. The highest BCUT2D eigenvalue weighted by molar-refractivity contribution is 5.99. The molecule has 0 saturated carbocycles. The Morgan fingerprint density at radius 3 is 3.04 bits per heavy atom. The first-order chi connectivity index (χ1) is 11.2. The maximum atomic E-state index is 12.3. The minimum absolute atomic E-state index is 0.244. The highest BCUT2D eigenvalue weighted by atomic mass is 16.5. The fourth-order valence-electron chi connectivity index (χ4n) is 2.44. The number of hydrogen-bond donors (Lipinski definition) is 2. The number of nitrogens with one attached hydrogen (secondary N) is 1. The van der Waals surface area contributed by atoms with Crippen LogP contribution in [0.5, 0.6) is 0 Å². The van der Waals surface area contributed by atoms with E-state index in [4.69, 9.17) is 10.5 Å². The van der Waals surface area contributed by atoms with E-state index >= 15 is 0 Å². The van der Waals surface area contributed by atoms with Crippen molar-refractivity contribution in [3.63, 3.8) is 0 Å². The standard InChI is InChI=1S/C16H19N5O2/c1-2-23-9-5-8-18-15(22)11-10-19-16-20-12-6-3-4-7-13(12)21(16)14(11)17/h3-4,6-7,10H,2,5,8-9,17H2,1H3,(H,18,22). The van der Waals surface area contributed by atoms with Crippen molar-refractivity contribution in [3.05, 3.63) is 36.0 Å². The second kappa shape index (κ2) is 6.62. The zero-order chi connectivity index (χ0) is 16.2. The van der Waals surface area contributed by atoms with Crippen LogP contribution in [0.4, 0.5) is 5.82 Å². The Bertz CT molecular complexity index is 843. The predicted octanol–water partition coefficient (Wildman–Crippen LogP) is 1.62. The summed E-state index contributed by atoms with van der Waals surface area (Å²) in [6, 6.07) is 7.58. The van der Waals surface area contributed by atoms with Crippen molar-refractivity contribution in [3.8, 4) is 0 Å². The molecule has 0 fully saturated rings. The number of amides is 1. The fraction of sp³-hybridized carbons (Fsp3) is 0.312. The van der Waals surface area contributed by atoms with E-state index in [1.54, 1.807) is 4.40 Å². The number of rotatable bonds is 6. The Balaban J connectivity index is 1.85. The average molecular weight is 313 g/mol. The number of imidazole rings is 1. The van der Waals surface area contributed by atoms with Crippen molar-refractivity contribution in [2.45, 2.75) is 13.3 Å². The molecule has 1 amide bonds. The monoisotopic (exact) mass is 313 g/mol. The first-order valence-electron chi connectivity index (χ1n) is 7.60. The molecule has 0 radical (unpaired) electrons. The lowest BCUT2D eigenvalue weighted by atomic mass is 10.2. The van der Waals surface area contributed by atoms with Gasteiger partial charge in [0.25, 0.3) is 5.91 Å². The van der Waals surface area contributed by atoms with Gasteiger partial charge in [-0.15, -0.1) is 0 Å². The van der Waals surface area contributed by atoms with Gasteiger partial charge < -0.3 is 15.8 Å². The Morgan fingerprint density at radius 1 is 1.39 bits per heavy atom. The number of nitrogen functional groups attached to an aromatic ring is 1. The molecule has 7 nitrogen and oxygen atoms in total. The molecule has 3 N–H and O–H groups in total. The van der Waals surface area contributed by atoms with Gasteiger partial charge in [-0.05, 0) is 25.5 Å². The Morgan fingerprint density at radius 2 is 2.22 bits per heavy atom. The van der Waals surface area contributed by atoms with Gasteiger partial charge in [-0.2, -0.15) is 0 Å². The molecule has 0 bridgehead atoms. The van der Waals surface area contributed by atoms with E-state index in [0.717, 1.165) is 17.5 Å². The van der Waals surface area contributed by atoms with Gasteiger partial charge in [0.2, 0.25) is 5.78 Å². The second-order valence-electron chi connectivity index (χ2n) is 5.10. The maximum absolute atomic E-state index is 12.3. The summed E-state index contributed by atoms with van der Waals surface area (Å²) in [5, 5.41) is 2.83. The molecule has 3 aromatic rings. The number of nitrogens with zero attached hydrogens (tertiary/aromatic N) is 3. The summed E-state index contributed by atoms with van der Waals surface area (Å²) in [6.07, 6.45) is 2.22. The number of aromatic nitrogens is 3. The van der Waals surface area contributed by atoms with E-state index < -0.39 is 0 Å². The maximum Gasteiger partial charge on any atom is 0.256 e. The molecule has 0 aliphatic heterocycles. The van der Waals surface area contributed by atoms with Crippen LogP contribution >= 0.6 is 0 Å². The summed E-state index contributed by atoms with van der Waals surface area (Å²) in [4.78, 5) is 20.9. The third kappa shape index (κ3) is 2.95. The van der Waals surface area contributed by atoms with Crippen molar-refractivity contribution in [1.82, 2.24) is 19.7 Å². The molecule has 2 heterocycles. The van der Waals surface area contributed by atoms with Gasteiger partial charge >= 0.3 is 0 Å². The number of ether oxygens (including phenoxy) is 1. The third-order valence-corrected chi connectivity index (χ3v) is 3.57. The topological polar surface area (TPSA) is 94.5 Å². The highest BCUT2D eigenvalue weighted by Gasteiger charge is 2.15. The predicted molar refractivity (Wildman–Crippen MR) is 88.3 cm³/mol. The summed E-state index contributed by atoms with van der Waals surface area (Å²) in [6.45, 7) is 3.77. The summed E-state index contributed by atoms with van der Waals surface area (Å²) in [5.74, 6) is 0.578. The van der Waals surface area contributed by atoms with Crippen molar-refractivity contribution in [2.75, 3.05) is 25.5 Å². The molecule has 0 aliphatic rings. The van der Waals surface area contributed by atoms with Gasteiger partial charge in [-0.3, -0.25) is 9.20 Å². The lowest BCUT2D eigenvalue weighted by Gasteiger charge is -2.09. The van der Waals surface area contributed by atoms with Crippen molar-refractivity contribution in [2.24, 2.45) is 0 Å².